The molecule has 2 aromatic rings. The Morgan fingerprint density at radius 3 is 2.22 bits per heavy atom. The molecule has 1 saturated heterocycles. The summed E-state index contributed by atoms with van der Waals surface area (Å²) in [6.45, 7) is 5.74. The van der Waals surface area contributed by atoms with E-state index in [1.165, 1.54) is 0 Å². The molecule has 1 fully saturated rings. The summed E-state index contributed by atoms with van der Waals surface area (Å²) in [5, 5.41) is 2.61. The molecule has 2 atom stereocenters. The highest BCUT2D eigenvalue weighted by atomic mass is 35.5. The Hall–Kier alpha value is -1.24. The lowest BCUT2D eigenvalue weighted by molar-refractivity contribution is -0.00521. The number of amides is 1. The maximum atomic E-state index is 12.5. The van der Waals surface area contributed by atoms with E-state index in [4.69, 9.17) is 51.1 Å². The molecule has 1 amide bonds. The van der Waals surface area contributed by atoms with Crippen LogP contribution in [0.3, 0.4) is 0 Å². The molecule has 0 saturated carbocycles. The van der Waals surface area contributed by atoms with Gasteiger partial charge in [-0.05, 0) is 38.1 Å². The second-order valence-corrected chi connectivity index (χ2v) is 7.85. The molecule has 1 aromatic heterocycles. The summed E-state index contributed by atoms with van der Waals surface area (Å²) in [4.78, 5) is 18.6. The first-order chi connectivity index (χ1) is 12.8. The second kappa shape index (κ2) is 8.41. The van der Waals surface area contributed by atoms with Gasteiger partial charge in [0, 0.05) is 24.5 Å². The van der Waals surface area contributed by atoms with Crippen molar-refractivity contribution in [2.75, 3.05) is 23.3 Å². The van der Waals surface area contributed by atoms with Crippen molar-refractivity contribution in [3.05, 3.63) is 50.2 Å². The predicted octanol–water partition coefficient (Wildman–Crippen LogP) is 5.56. The molecule has 0 aliphatic carbocycles. The van der Waals surface area contributed by atoms with Crippen LogP contribution in [0.1, 0.15) is 24.3 Å². The van der Waals surface area contributed by atoms with Gasteiger partial charge in [0.05, 0.1) is 27.3 Å². The SMILES string of the molecule is CC1CN(c2ccc(NC(=O)c3nc(Cl)c(Cl)c(Cl)c3Cl)cc2)CC(C)O1. The Morgan fingerprint density at radius 2 is 1.63 bits per heavy atom. The summed E-state index contributed by atoms with van der Waals surface area (Å²) in [6, 6.07) is 7.50. The highest BCUT2D eigenvalue weighted by molar-refractivity contribution is 6.52. The Morgan fingerprint density at radius 1 is 1.04 bits per heavy atom. The molecule has 9 heteroatoms. The quantitative estimate of drug-likeness (QED) is 0.624. The summed E-state index contributed by atoms with van der Waals surface area (Å²) in [7, 11) is 0. The number of aromatic nitrogens is 1. The zero-order chi connectivity index (χ0) is 19.7. The molecule has 5 nitrogen and oxygen atoms in total. The van der Waals surface area contributed by atoms with Crippen LogP contribution in [0.15, 0.2) is 24.3 Å². The van der Waals surface area contributed by atoms with Gasteiger partial charge >= 0.3 is 0 Å². The molecule has 0 radical (unpaired) electrons. The van der Waals surface area contributed by atoms with Crippen LogP contribution < -0.4 is 10.2 Å². The summed E-state index contributed by atoms with van der Waals surface area (Å²) in [6.07, 6.45) is 0.335. The number of hydrogen-bond donors (Lipinski definition) is 1. The van der Waals surface area contributed by atoms with Crippen molar-refractivity contribution in [1.29, 1.82) is 0 Å². The standard InChI is InChI=1S/C18H17Cl4N3O2/c1-9-7-25(8-10(2)27-9)12-5-3-11(4-6-12)23-18(26)16-14(20)13(19)15(21)17(22)24-16/h3-6,9-10H,7-8H2,1-2H3,(H,23,26). The molecule has 1 aliphatic rings. The monoisotopic (exact) mass is 447 g/mol. The van der Waals surface area contributed by atoms with Crippen LogP contribution >= 0.6 is 46.4 Å². The van der Waals surface area contributed by atoms with Gasteiger partial charge in [-0.2, -0.15) is 0 Å². The normalized spacial score (nSPS) is 19.9. The maximum Gasteiger partial charge on any atom is 0.275 e. The molecular formula is C18H17Cl4N3O2. The summed E-state index contributed by atoms with van der Waals surface area (Å²) < 4.78 is 5.75. The Balaban J connectivity index is 1.74. The highest BCUT2D eigenvalue weighted by Gasteiger charge is 2.23. The lowest BCUT2D eigenvalue weighted by atomic mass is 10.2. The van der Waals surface area contributed by atoms with Gasteiger partial charge < -0.3 is 15.0 Å². The van der Waals surface area contributed by atoms with Gasteiger partial charge in [-0.1, -0.05) is 46.4 Å². The average Bonchev–Trinajstić information content (AvgIpc) is 2.62. The largest absolute Gasteiger partial charge is 0.372 e. The molecule has 0 bridgehead atoms. The highest BCUT2D eigenvalue weighted by Crippen LogP contribution is 2.36. The molecule has 1 N–H and O–H groups in total. The molecule has 2 unspecified atom stereocenters. The van der Waals surface area contributed by atoms with Crippen molar-refractivity contribution in [2.45, 2.75) is 26.1 Å². The molecule has 2 heterocycles. The average molecular weight is 449 g/mol. The molecule has 27 heavy (non-hydrogen) atoms. The third-order valence-electron chi connectivity index (χ3n) is 4.11. The third kappa shape index (κ3) is 4.61. The minimum atomic E-state index is -0.526. The number of hydrogen-bond acceptors (Lipinski definition) is 4. The van der Waals surface area contributed by atoms with Crippen LogP contribution in [0.2, 0.25) is 20.2 Å². The summed E-state index contributed by atoms with van der Waals surface area (Å²) >= 11 is 23.8. The number of carbonyl (C=O) groups excluding carboxylic acids is 1. The minimum Gasteiger partial charge on any atom is -0.372 e. The van der Waals surface area contributed by atoms with E-state index in [-0.39, 0.29) is 38.1 Å². The van der Waals surface area contributed by atoms with E-state index < -0.39 is 5.91 Å². The van der Waals surface area contributed by atoms with E-state index in [1.807, 2.05) is 24.3 Å². The lowest BCUT2D eigenvalue weighted by Crippen LogP contribution is -2.45. The fraction of sp³-hybridized carbons (Fsp3) is 0.333. The first kappa shape index (κ1) is 20.5. The smallest absolute Gasteiger partial charge is 0.275 e. The Labute approximate surface area is 177 Å². The van der Waals surface area contributed by atoms with E-state index in [0.29, 0.717) is 5.69 Å². The van der Waals surface area contributed by atoms with Crippen molar-refractivity contribution in [3.8, 4) is 0 Å². The van der Waals surface area contributed by atoms with Crippen LogP contribution in [-0.4, -0.2) is 36.2 Å². The van der Waals surface area contributed by atoms with Gasteiger partial charge in [-0.3, -0.25) is 4.79 Å². The van der Waals surface area contributed by atoms with Gasteiger partial charge in [-0.25, -0.2) is 4.98 Å². The number of nitrogens with zero attached hydrogens (tertiary/aromatic N) is 2. The van der Waals surface area contributed by atoms with Gasteiger partial charge in [0.2, 0.25) is 0 Å². The number of nitrogens with one attached hydrogen (secondary N) is 1. The molecule has 1 aromatic carbocycles. The molecule has 144 valence electrons. The molecular weight excluding hydrogens is 432 g/mol. The summed E-state index contributed by atoms with van der Waals surface area (Å²) in [5.41, 5.74) is 1.57. The zero-order valence-corrected chi connectivity index (χ0v) is 17.6. The number of halogens is 4. The number of carbonyl (C=O) groups is 1. The molecule has 1 aliphatic heterocycles. The van der Waals surface area contributed by atoms with Crippen LogP contribution in [0.4, 0.5) is 11.4 Å². The van der Waals surface area contributed by atoms with Gasteiger partial charge in [0.1, 0.15) is 10.8 Å². The maximum absolute atomic E-state index is 12.5. The van der Waals surface area contributed by atoms with E-state index in [9.17, 15) is 4.79 Å². The van der Waals surface area contributed by atoms with Crippen LogP contribution in [0.25, 0.3) is 0 Å². The third-order valence-corrected chi connectivity index (χ3v) is 5.79. The zero-order valence-electron chi connectivity index (χ0n) is 14.6. The van der Waals surface area contributed by atoms with E-state index >= 15 is 0 Å². The van der Waals surface area contributed by atoms with Crippen molar-refractivity contribution in [1.82, 2.24) is 4.98 Å². The van der Waals surface area contributed by atoms with Gasteiger partial charge in [-0.15, -0.1) is 0 Å². The Bertz CT molecular complexity index is 851. The van der Waals surface area contributed by atoms with E-state index in [2.05, 4.69) is 29.0 Å². The molecule has 3 rings (SSSR count). The second-order valence-electron chi connectivity index (χ2n) is 6.36. The number of rotatable bonds is 3. The number of benzene rings is 1. The number of morpholine rings is 1. The van der Waals surface area contributed by atoms with Crippen LogP contribution in [-0.2, 0) is 4.74 Å². The van der Waals surface area contributed by atoms with Crippen molar-refractivity contribution < 1.29 is 9.53 Å². The minimum absolute atomic E-state index is 0.00520. The van der Waals surface area contributed by atoms with Gasteiger partial charge in [0.25, 0.3) is 5.91 Å². The van der Waals surface area contributed by atoms with E-state index in [1.54, 1.807) is 0 Å². The number of anilines is 2. The van der Waals surface area contributed by atoms with Crippen molar-refractivity contribution in [3.63, 3.8) is 0 Å². The fourth-order valence-corrected chi connectivity index (χ4v) is 3.79. The first-order valence-electron chi connectivity index (χ1n) is 8.28. The molecule has 0 spiro atoms. The van der Waals surface area contributed by atoms with Crippen LogP contribution in [0, 0.1) is 0 Å². The Kier molecular flexibility index (Phi) is 6.39. The van der Waals surface area contributed by atoms with Gasteiger partial charge in [0.15, 0.2) is 0 Å². The topological polar surface area (TPSA) is 54.5 Å². The van der Waals surface area contributed by atoms with Crippen molar-refractivity contribution in [2.24, 2.45) is 0 Å². The summed E-state index contributed by atoms with van der Waals surface area (Å²) in [5.74, 6) is -0.526. The predicted molar refractivity (Wildman–Crippen MR) is 111 cm³/mol. The van der Waals surface area contributed by atoms with Crippen LogP contribution in [0.5, 0.6) is 0 Å². The number of pyridine rings is 1. The van der Waals surface area contributed by atoms with Crippen molar-refractivity contribution >= 4 is 63.7 Å². The number of ether oxygens (including phenoxy) is 1. The fourth-order valence-electron chi connectivity index (χ4n) is 2.97. The lowest BCUT2D eigenvalue weighted by Gasteiger charge is -2.36. The van der Waals surface area contributed by atoms with E-state index in [0.717, 1.165) is 18.8 Å². The first-order valence-corrected chi connectivity index (χ1v) is 9.79.